The highest BCUT2D eigenvalue weighted by Gasteiger charge is 2.08. The average Bonchev–Trinajstić information content (AvgIpc) is 1.98. The van der Waals surface area contributed by atoms with Crippen LogP contribution < -0.4 is 0 Å². The number of ether oxygens (including phenoxy) is 1. The van der Waals surface area contributed by atoms with E-state index in [0.717, 1.165) is 0 Å². The van der Waals surface area contributed by atoms with E-state index in [1.807, 2.05) is 0 Å². The molecular formula is C7H14N2O2. The van der Waals surface area contributed by atoms with Crippen LogP contribution in [0, 0.1) is 5.92 Å². The maximum absolute atomic E-state index is 10.8. The smallest absolute Gasteiger partial charge is 0.313 e. The molecule has 4 nitrogen and oxygen atoms in total. The lowest BCUT2D eigenvalue weighted by Gasteiger charge is -2.05. The number of esters is 1. The Balaban J connectivity index is 3.86. The van der Waals surface area contributed by atoms with Crippen molar-refractivity contribution >= 4 is 12.2 Å². The summed E-state index contributed by atoms with van der Waals surface area (Å²) in [4.78, 5) is 10.8. The average molecular weight is 158 g/mol. The van der Waals surface area contributed by atoms with E-state index >= 15 is 0 Å². The van der Waals surface area contributed by atoms with Crippen LogP contribution >= 0.6 is 0 Å². The SMILES string of the molecule is COC(=O)C(C)C=NN(C)C. The summed E-state index contributed by atoms with van der Waals surface area (Å²) < 4.78 is 4.50. The summed E-state index contributed by atoms with van der Waals surface area (Å²) in [6.45, 7) is 1.73. The van der Waals surface area contributed by atoms with E-state index in [-0.39, 0.29) is 11.9 Å². The zero-order valence-corrected chi connectivity index (χ0v) is 7.37. The highest BCUT2D eigenvalue weighted by molar-refractivity contribution is 5.89. The van der Waals surface area contributed by atoms with Crippen molar-refractivity contribution in [3.8, 4) is 0 Å². The number of nitrogens with zero attached hydrogens (tertiary/aromatic N) is 2. The fourth-order valence-corrected chi connectivity index (χ4v) is 0.480. The molecule has 0 aliphatic heterocycles. The predicted molar refractivity (Wildman–Crippen MR) is 43.4 cm³/mol. The van der Waals surface area contributed by atoms with Crippen molar-refractivity contribution in [2.24, 2.45) is 11.0 Å². The fraction of sp³-hybridized carbons (Fsp3) is 0.714. The lowest BCUT2D eigenvalue weighted by Crippen LogP contribution is -2.15. The van der Waals surface area contributed by atoms with Gasteiger partial charge in [0.25, 0.3) is 0 Å². The van der Waals surface area contributed by atoms with Crippen molar-refractivity contribution in [2.75, 3.05) is 21.2 Å². The molecule has 0 aromatic rings. The molecule has 1 unspecified atom stereocenters. The lowest BCUT2D eigenvalue weighted by atomic mass is 10.2. The molecule has 0 aliphatic carbocycles. The summed E-state index contributed by atoms with van der Waals surface area (Å²) in [5.74, 6) is -0.544. The van der Waals surface area contributed by atoms with Gasteiger partial charge in [-0.3, -0.25) is 4.79 Å². The Bertz CT molecular complexity index is 155. The van der Waals surface area contributed by atoms with Crippen LogP contribution in [-0.4, -0.2) is 38.4 Å². The molecule has 0 saturated heterocycles. The van der Waals surface area contributed by atoms with Gasteiger partial charge in [-0.2, -0.15) is 5.10 Å². The molecule has 4 heteroatoms. The Labute approximate surface area is 66.8 Å². The van der Waals surface area contributed by atoms with E-state index < -0.39 is 0 Å². The molecule has 0 aromatic carbocycles. The Kier molecular flexibility index (Phi) is 4.26. The topological polar surface area (TPSA) is 41.9 Å². The minimum atomic E-state index is -0.276. The number of hydrogen-bond acceptors (Lipinski definition) is 4. The molecule has 0 fully saturated rings. The predicted octanol–water partition coefficient (Wildman–Crippen LogP) is 0.343. The van der Waals surface area contributed by atoms with Crippen molar-refractivity contribution in [1.29, 1.82) is 0 Å². The van der Waals surface area contributed by atoms with Crippen molar-refractivity contribution in [3.05, 3.63) is 0 Å². The molecule has 0 radical (unpaired) electrons. The molecule has 64 valence electrons. The normalized spacial score (nSPS) is 13.1. The van der Waals surface area contributed by atoms with Gasteiger partial charge >= 0.3 is 5.97 Å². The first kappa shape index (κ1) is 9.94. The maximum Gasteiger partial charge on any atom is 0.313 e. The third-order valence-corrected chi connectivity index (χ3v) is 1.09. The van der Waals surface area contributed by atoms with Crippen molar-refractivity contribution in [2.45, 2.75) is 6.92 Å². The summed E-state index contributed by atoms with van der Waals surface area (Å²) in [5, 5.41) is 5.53. The van der Waals surface area contributed by atoms with E-state index in [9.17, 15) is 4.79 Å². The molecule has 0 spiro atoms. The van der Waals surface area contributed by atoms with Crippen molar-refractivity contribution in [3.63, 3.8) is 0 Å². The van der Waals surface area contributed by atoms with Crippen LogP contribution in [0.1, 0.15) is 6.92 Å². The maximum atomic E-state index is 10.8. The van der Waals surface area contributed by atoms with Crippen LogP contribution in [0.3, 0.4) is 0 Å². The van der Waals surface area contributed by atoms with Gasteiger partial charge in [-0.05, 0) is 6.92 Å². The number of methoxy groups -OCH3 is 1. The summed E-state index contributed by atoms with van der Waals surface area (Å²) >= 11 is 0. The molecule has 1 atom stereocenters. The number of rotatable bonds is 3. The molecule has 0 rings (SSSR count). The second-order valence-electron chi connectivity index (χ2n) is 2.42. The Hall–Kier alpha value is -1.06. The van der Waals surface area contributed by atoms with Crippen molar-refractivity contribution in [1.82, 2.24) is 5.01 Å². The van der Waals surface area contributed by atoms with Crippen LogP contribution in [0.15, 0.2) is 5.10 Å². The molecule has 0 saturated carbocycles. The summed E-state index contributed by atoms with van der Waals surface area (Å²) in [6, 6.07) is 0. The van der Waals surface area contributed by atoms with Crippen molar-refractivity contribution < 1.29 is 9.53 Å². The third kappa shape index (κ3) is 4.36. The quantitative estimate of drug-likeness (QED) is 0.338. The summed E-state index contributed by atoms with van der Waals surface area (Å²) in [6.07, 6.45) is 1.55. The zero-order valence-electron chi connectivity index (χ0n) is 7.37. The monoisotopic (exact) mass is 158 g/mol. The number of carbonyl (C=O) groups excluding carboxylic acids is 1. The standard InChI is InChI=1S/C7H14N2O2/c1-6(7(10)11-4)5-8-9(2)3/h5-6H,1-4H3. The van der Waals surface area contributed by atoms with Gasteiger partial charge in [0.2, 0.25) is 0 Å². The Morgan fingerprint density at radius 2 is 2.18 bits per heavy atom. The van der Waals surface area contributed by atoms with Gasteiger partial charge in [0.1, 0.15) is 0 Å². The van der Waals surface area contributed by atoms with Crippen LogP contribution in [0.4, 0.5) is 0 Å². The third-order valence-electron chi connectivity index (χ3n) is 1.09. The second-order valence-corrected chi connectivity index (χ2v) is 2.42. The van der Waals surface area contributed by atoms with E-state index in [1.165, 1.54) is 7.11 Å². The van der Waals surface area contributed by atoms with Gasteiger partial charge in [0.05, 0.1) is 13.0 Å². The van der Waals surface area contributed by atoms with Crippen LogP contribution in [-0.2, 0) is 9.53 Å². The summed E-state index contributed by atoms with van der Waals surface area (Å²) in [5.41, 5.74) is 0. The minimum absolute atomic E-state index is 0.268. The second kappa shape index (κ2) is 4.71. The highest BCUT2D eigenvalue weighted by atomic mass is 16.5. The molecule has 11 heavy (non-hydrogen) atoms. The van der Waals surface area contributed by atoms with E-state index in [2.05, 4.69) is 9.84 Å². The van der Waals surface area contributed by atoms with Gasteiger partial charge < -0.3 is 9.75 Å². The number of carbonyl (C=O) groups is 1. The van der Waals surface area contributed by atoms with Crippen LogP contribution in [0.2, 0.25) is 0 Å². The first-order valence-electron chi connectivity index (χ1n) is 3.37. The lowest BCUT2D eigenvalue weighted by molar-refractivity contribution is -0.142. The van der Waals surface area contributed by atoms with Gasteiger partial charge in [0.15, 0.2) is 0 Å². The highest BCUT2D eigenvalue weighted by Crippen LogP contribution is 1.93. The summed E-state index contributed by atoms with van der Waals surface area (Å²) in [7, 11) is 4.95. The number of hydrazone groups is 1. The van der Waals surface area contributed by atoms with E-state index in [0.29, 0.717) is 0 Å². The van der Waals surface area contributed by atoms with Gasteiger partial charge in [0, 0.05) is 20.3 Å². The molecular weight excluding hydrogens is 144 g/mol. The van der Waals surface area contributed by atoms with Gasteiger partial charge in [-0.25, -0.2) is 0 Å². The molecule has 0 amide bonds. The molecule has 0 heterocycles. The van der Waals surface area contributed by atoms with Crippen LogP contribution in [0.5, 0.6) is 0 Å². The van der Waals surface area contributed by atoms with Crippen LogP contribution in [0.25, 0.3) is 0 Å². The minimum Gasteiger partial charge on any atom is -0.469 e. The zero-order chi connectivity index (χ0) is 8.85. The Morgan fingerprint density at radius 1 is 1.64 bits per heavy atom. The first-order valence-corrected chi connectivity index (χ1v) is 3.37. The molecule has 0 N–H and O–H groups in total. The molecule has 0 aromatic heterocycles. The van der Waals surface area contributed by atoms with Gasteiger partial charge in [-0.1, -0.05) is 0 Å². The van der Waals surface area contributed by atoms with E-state index in [4.69, 9.17) is 0 Å². The first-order chi connectivity index (χ1) is 5.07. The number of hydrogen-bond donors (Lipinski definition) is 0. The Morgan fingerprint density at radius 3 is 2.55 bits per heavy atom. The molecule has 0 aliphatic rings. The van der Waals surface area contributed by atoms with E-state index in [1.54, 1.807) is 32.2 Å². The molecule has 0 bridgehead atoms. The fourth-order valence-electron chi connectivity index (χ4n) is 0.480. The largest absolute Gasteiger partial charge is 0.469 e. The van der Waals surface area contributed by atoms with Gasteiger partial charge in [-0.15, -0.1) is 0 Å².